The molecule has 1 aromatic heterocycles. The number of hydrogen-bond acceptors (Lipinski definition) is 4. The van der Waals surface area contributed by atoms with Gasteiger partial charge < -0.3 is 10.3 Å². The number of halogens is 2. The zero-order valence-corrected chi connectivity index (χ0v) is 13.1. The third-order valence-electron chi connectivity index (χ3n) is 3.19. The minimum absolute atomic E-state index is 0.227. The number of rotatable bonds is 5. The first-order valence-corrected chi connectivity index (χ1v) is 8.17. The van der Waals surface area contributed by atoms with Gasteiger partial charge in [-0.15, -0.1) is 10.2 Å². The van der Waals surface area contributed by atoms with Crippen LogP contribution in [0.2, 0.25) is 0 Å². The maximum absolute atomic E-state index is 13.3. The van der Waals surface area contributed by atoms with E-state index in [2.05, 4.69) is 30.7 Å². The molecule has 0 saturated heterocycles. The first-order chi connectivity index (χ1) is 9.69. The van der Waals surface area contributed by atoms with Crippen molar-refractivity contribution in [3.05, 3.63) is 39.9 Å². The Morgan fingerprint density at radius 1 is 1.40 bits per heavy atom. The molecule has 1 aliphatic rings. The first kappa shape index (κ1) is 14.0. The molecular formula is C13H14BrFN4S. The van der Waals surface area contributed by atoms with Crippen LogP contribution in [0, 0.1) is 5.82 Å². The van der Waals surface area contributed by atoms with E-state index in [0.29, 0.717) is 18.3 Å². The van der Waals surface area contributed by atoms with Crippen molar-refractivity contribution in [2.24, 2.45) is 5.73 Å². The summed E-state index contributed by atoms with van der Waals surface area (Å²) < 4.78 is 16.3. The molecule has 106 valence electrons. The molecule has 7 heteroatoms. The van der Waals surface area contributed by atoms with Crippen molar-refractivity contribution in [2.75, 3.05) is 0 Å². The molecule has 2 N–H and O–H groups in total. The Kier molecular flexibility index (Phi) is 4.09. The van der Waals surface area contributed by atoms with Gasteiger partial charge in [0.2, 0.25) is 0 Å². The Labute approximate surface area is 129 Å². The van der Waals surface area contributed by atoms with Gasteiger partial charge in [-0.2, -0.15) is 0 Å². The van der Waals surface area contributed by atoms with E-state index in [1.165, 1.54) is 6.07 Å². The van der Waals surface area contributed by atoms with Crippen molar-refractivity contribution in [2.45, 2.75) is 36.3 Å². The average molecular weight is 357 g/mol. The Balaban J connectivity index is 1.78. The van der Waals surface area contributed by atoms with E-state index in [4.69, 9.17) is 5.73 Å². The van der Waals surface area contributed by atoms with Crippen LogP contribution in [0.15, 0.2) is 27.8 Å². The van der Waals surface area contributed by atoms with Gasteiger partial charge >= 0.3 is 0 Å². The highest BCUT2D eigenvalue weighted by molar-refractivity contribution is 9.10. The van der Waals surface area contributed by atoms with Crippen molar-refractivity contribution in [3.63, 3.8) is 0 Å². The predicted molar refractivity (Wildman–Crippen MR) is 79.8 cm³/mol. The van der Waals surface area contributed by atoms with Crippen LogP contribution in [-0.4, -0.2) is 14.8 Å². The second kappa shape index (κ2) is 5.83. The van der Waals surface area contributed by atoms with Gasteiger partial charge in [0.05, 0.1) is 6.54 Å². The zero-order chi connectivity index (χ0) is 14.1. The van der Waals surface area contributed by atoms with Crippen LogP contribution in [0.25, 0.3) is 0 Å². The SMILES string of the molecule is NCc1nnc(SCc2cc(F)ccc2Br)n1C1CC1. The number of thioether (sulfide) groups is 1. The second-order valence-corrected chi connectivity index (χ2v) is 6.53. The second-order valence-electron chi connectivity index (χ2n) is 4.73. The first-order valence-electron chi connectivity index (χ1n) is 6.39. The number of aromatic nitrogens is 3. The summed E-state index contributed by atoms with van der Waals surface area (Å²) in [5.74, 6) is 1.25. The molecule has 0 atom stereocenters. The van der Waals surface area contributed by atoms with E-state index < -0.39 is 0 Å². The monoisotopic (exact) mass is 356 g/mol. The van der Waals surface area contributed by atoms with Crippen molar-refractivity contribution in [1.82, 2.24) is 14.8 Å². The minimum atomic E-state index is -0.227. The van der Waals surface area contributed by atoms with Gasteiger partial charge in [-0.25, -0.2) is 4.39 Å². The highest BCUT2D eigenvalue weighted by Gasteiger charge is 2.29. The highest BCUT2D eigenvalue weighted by Crippen LogP contribution is 2.39. The van der Waals surface area contributed by atoms with Crippen LogP contribution in [0.1, 0.15) is 30.3 Å². The van der Waals surface area contributed by atoms with Crippen LogP contribution in [-0.2, 0) is 12.3 Å². The van der Waals surface area contributed by atoms with Crippen LogP contribution in [0.3, 0.4) is 0 Å². The fraction of sp³-hybridized carbons (Fsp3) is 0.385. The van der Waals surface area contributed by atoms with E-state index in [0.717, 1.165) is 33.9 Å². The van der Waals surface area contributed by atoms with Gasteiger partial charge in [-0.3, -0.25) is 0 Å². The summed E-state index contributed by atoms with van der Waals surface area (Å²) in [4.78, 5) is 0. The van der Waals surface area contributed by atoms with Gasteiger partial charge in [0.1, 0.15) is 11.6 Å². The highest BCUT2D eigenvalue weighted by atomic mass is 79.9. The van der Waals surface area contributed by atoms with Crippen LogP contribution in [0.4, 0.5) is 4.39 Å². The summed E-state index contributed by atoms with van der Waals surface area (Å²) in [5.41, 5.74) is 6.60. The summed E-state index contributed by atoms with van der Waals surface area (Å²) >= 11 is 5.00. The summed E-state index contributed by atoms with van der Waals surface area (Å²) in [6.07, 6.45) is 2.31. The Bertz CT molecular complexity index is 627. The number of benzene rings is 1. The molecule has 2 aromatic rings. The van der Waals surface area contributed by atoms with Gasteiger partial charge in [-0.05, 0) is 36.6 Å². The lowest BCUT2D eigenvalue weighted by molar-refractivity contribution is 0.624. The molecule has 0 unspecified atom stereocenters. The quantitative estimate of drug-likeness (QED) is 0.835. The molecule has 0 radical (unpaired) electrons. The van der Waals surface area contributed by atoms with Gasteiger partial charge in [0.15, 0.2) is 5.16 Å². The van der Waals surface area contributed by atoms with Gasteiger partial charge in [0.25, 0.3) is 0 Å². The fourth-order valence-corrected chi connectivity index (χ4v) is 3.63. The zero-order valence-electron chi connectivity index (χ0n) is 10.7. The molecule has 1 aromatic carbocycles. The Morgan fingerprint density at radius 3 is 2.90 bits per heavy atom. The van der Waals surface area contributed by atoms with Crippen molar-refractivity contribution in [3.8, 4) is 0 Å². The molecule has 3 rings (SSSR count). The van der Waals surface area contributed by atoms with Crippen molar-refractivity contribution in [1.29, 1.82) is 0 Å². The smallest absolute Gasteiger partial charge is 0.191 e. The third-order valence-corrected chi connectivity index (χ3v) is 4.96. The standard InChI is InChI=1S/C13H14BrFN4S/c14-11-4-1-9(15)5-8(11)7-20-13-18-17-12(6-16)19(13)10-2-3-10/h1,4-5,10H,2-3,6-7,16H2. The van der Waals surface area contributed by atoms with E-state index in [-0.39, 0.29) is 5.82 Å². The Hall–Kier alpha value is -0.920. The molecule has 0 bridgehead atoms. The summed E-state index contributed by atoms with van der Waals surface area (Å²) in [7, 11) is 0. The molecule has 0 spiro atoms. The lowest BCUT2D eigenvalue weighted by Gasteiger charge is -2.08. The van der Waals surface area contributed by atoms with Gasteiger partial charge in [0, 0.05) is 16.3 Å². The van der Waals surface area contributed by atoms with Crippen molar-refractivity contribution < 1.29 is 4.39 Å². The topological polar surface area (TPSA) is 56.7 Å². The molecule has 20 heavy (non-hydrogen) atoms. The normalized spacial score (nSPS) is 14.8. The molecule has 4 nitrogen and oxygen atoms in total. The molecule has 1 heterocycles. The molecule has 0 amide bonds. The lowest BCUT2D eigenvalue weighted by atomic mass is 10.2. The van der Waals surface area contributed by atoms with E-state index >= 15 is 0 Å². The molecule has 0 aliphatic heterocycles. The van der Waals surface area contributed by atoms with E-state index in [1.54, 1.807) is 23.9 Å². The molecular weight excluding hydrogens is 343 g/mol. The number of nitrogens with zero attached hydrogens (tertiary/aromatic N) is 3. The summed E-state index contributed by atoms with van der Waals surface area (Å²) in [6.45, 7) is 0.397. The summed E-state index contributed by atoms with van der Waals surface area (Å²) in [5, 5.41) is 9.20. The number of hydrogen-bond donors (Lipinski definition) is 1. The van der Waals surface area contributed by atoms with Crippen molar-refractivity contribution >= 4 is 27.7 Å². The van der Waals surface area contributed by atoms with E-state index in [1.807, 2.05) is 0 Å². The number of nitrogens with two attached hydrogens (primary N) is 1. The maximum atomic E-state index is 13.3. The van der Waals surface area contributed by atoms with Crippen LogP contribution < -0.4 is 5.73 Å². The van der Waals surface area contributed by atoms with Crippen LogP contribution >= 0.6 is 27.7 Å². The Morgan fingerprint density at radius 2 is 2.20 bits per heavy atom. The molecule has 1 saturated carbocycles. The van der Waals surface area contributed by atoms with E-state index in [9.17, 15) is 4.39 Å². The van der Waals surface area contributed by atoms with Crippen LogP contribution in [0.5, 0.6) is 0 Å². The summed E-state index contributed by atoms with van der Waals surface area (Å²) in [6, 6.07) is 5.19. The fourth-order valence-electron chi connectivity index (χ4n) is 2.04. The average Bonchev–Trinajstić information content (AvgIpc) is 3.20. The van der Waals surface area contributed by atoms with Gasteiger partial charge in [-0.1, -0.05) is 27.7 Å². The molecule has 1 aliphatic carbocycles. The molecule has 1 fully saturated rings. The maximum Gasteiger partial charge on any atom is 0.191 e. The largest absolute Gasteiger partial charge is 0.324 e. The lowest BCUT2D eigenvalue weighted by Crippen LogP contribution is -2.08. The predicted octanol–water partition coefficient (Wildman–Crippen LogP) is 3.27. The minimum Gasteiger partial charge on any atom is -0.324 e. The third kappa shape index (κ3) is 2.89.